The second-order valence-corrected chi connectivity index (χ2v) is 8.91. The van der Waals surface area contributed by atoms with E-state index in [9.17, 15) is 4.79 Å². The normalized spacial score (nSPS) is 17.8. The number of hydrogen-bond acceptors (Lipinski definition) is 2. The summed E-state index contributed by atoms with van der Waals surface area (Å²) in [7, 11) is 0. The van der Waals surface area contributed by atoms with E-state index < -0.39 is 0 Å². The Morgan fingerprint density at radius 2 is 1.65 bits per heavy atom. The third kappa shape index (κ3) is 5.62. The van der Waals surface area contributed by atoms with Gasteiger partial charge in [-0.25, -0.2) is 0 Å². The van der Waals surface area contributed by atoms with Crippen LogP contribution in [0.5, 0.6) is 0 Å². The van der Waals surface area contributed by atoms with E-state index in [-0.39, 0.29) is 11.9 Å². The number of carbonyl (C=O) groups excluding carboxylic acids is 1. The maximum absolute atomic E-state index is 13.1. The summed E-state index contributed by atoms with van der Waals surface area (Å²) in [6, 6.07) is 26.4. The number of aryl methyl sites for hydroxylation is 1. The van der Waals surface area contributed by atoms with Gasteiger partial charge in [-0.1, -0.05) is 79.2 Å². The molecule has 1 amide bonds. The molecule has 3 nitrogen and oxygen atoms in total. The quantitative estimate of drug-likeness (QED) is 0.559. The Labute approximate surface area is 186 Å². The Bertz CT molecular complexity index is 980. The summed E-state index contributed by atoms with van der Waals surface area (Å²) in [5.74, 6) is 0.725. The average molecular weight is 413 g/mol. The van der Waals surface area contributed by atoms with Crippen LogP contribution in [-0.4, -0.2) is 23.9 Å². The molecule has 1 saturated heterocycles. The largest absolute Gasteiger partial charge is 0.341 e. The minimum Gasteiger partial charge on any atom is -0.341 e. The number of rotatable bonds is 6. The minimum atomic E-state index is -0.177. The highest BCUT2D eigenvalue weighted by Crippen LogP contribution is 2.23. The highest BCUT2D eigenvalue weighted by Gasteiger charge is 2.19. The number of carbonyl (C=O) groups is 1. The van der Waals surface area contributed by atoms with Crippen molar-refractivity contribution < 1.29 is 4.79 Å². The lowest BCUT2D eigenvalue weighted by Crippen LogP contribution is -2.33. The molecule has 3 aromatic carbocycles. The summed E-state index contributed by atoms with van der Waals surface area (Å²) in [6.45, 7) is 7.70. The molecule has 0 aliphatic carbocycles. The fourth-order valence-corrected chi connectivity index (χ4v) is 4.43. The van der Waals surface area contributed by atoms with E-state index in [1.54, 1.807) is 0 Å². The molecule has 2 atom stereocenters. The van der Waals surface area contributed by atoms with Gasteiger partial charge in [-0.3, -0.25) is 9.69 Å². The number of nitrogens with one attached hydrogen (secondary N) is 1. The molecule has 1 aliphatic rings. The number of nitrogens with zero attached hydrogens (tertiary/aromatic N) is 1. The van der Waals surface area contributed by atoms with E-state index in [2.05, 4.69) is 72.6 Å². The third-order valence-corrected chi connectivity index (χ3v) is 6.18. The van der Waals surface area contributed by atoms with Gasteiger partial charge in [-0.15, -0.1) is 0 Å². The van der Waals surface area contributed by atoms with Crippen LogP contribution in [0.2, 0.25) is 0 Å². The van der Waals surface area contributed by atoms with Crippen LogP contribution in [0.4, 0.5) is 0 Å². The van der Waals surface area contributed by atoms with E-state index in [4.69, 9.17) is 0 Å². The van der Waals surface area contributed by atoms with Crippen LogP contribution in [0.25, 0.3) is 0 Å². The Hall–Kier alpha value is -2.91. The molecule has 31 heavy (non-hydrogen) atoms. The van der Waals surface area contributed by atoms with Crippen LogP contribution in [0.3, 0.4) is 0 Å². The topological polar surface area (TPSA) is 32.3 Å². The van der Waals surface area contributed by atoms with Crippen LogP contribution in [-0.2, 0) is 6.54 Å². The lowest BCUT2D eigenvalue weighted by Gasteiger charge is -2.30. The lowest BCUT2D eigenvalue weighted by molar-refractivity contribution is 0.0943. The predicted molar refractivity (Wildman–Crippen MR) is 127 cm³/mol. The first-order valence-corrected chi connectivity index (χ1v) is 11.3. The van der Waals surface area contributed by atoms with Crippen LogP contribution < -0.4 is 5.32 Å². The van der Waals surface area contributed by atoms with E-state index in [1.807, 2.05) is 30.3 Å². The number of hydrogen-bond donors (Lipinski definition) is 1. The first-order chi connectivity index (χ1) is 15.1. The standard InChI is InChI=1S/C28H32N2O/c1-21-10-14-25(15-11-21)27(24-8-4-3-5-9-24)29-28(31)26-16-12-23(13-17-26)20-30-18-6-7-22(2)19-30/h3-5,8-17,22,27H,6-7,18-20H2,1-2H3,(H,29,31)/t22-,27+/m0/s1. The van der Waals surface area contributed by atoms with Crippen molar-refractivity contribution in [2.24, 2.45) is 5.92 Å². The zero-order chi connectivity index (χ0) is 21.6. The van der Waals surface area contributed by atoms with Crippen LogP contribution in [0.15, 0.2) is 78.9 Å². The van der Waals surface area contributed by atoms with Crippen LogP contribution in [0, 0.1) is 12.8 Å². The van der Waals surface area contributed by atoms with Crippen molar-refractivity contribution in [1.29, 1.82) is 0 Å². The maximum atomic E-state index is 13.1. The highest BCUT2D eigenvalue weighted by atomic mass is 16.1. The smallest absolute Gasteiger partial charge is 0.252 e. The van der Waals surface area contributed by atoms with Crippen molar-refractivity contribution in [2.45, 2.75) is 39.3 Å². The summed E-state index contributed by atoms with van der Waals surface area (Å²) in [4.78, 5) is 15.6. The average Bonchev–Trinajstić information content (AvgIpc) is 2.79. The fourth-order valence-electron chi connectivity index (χ4n) is 4.43. The minimum absolute atomic E-state index is 0.0485. The van der Waals surface area contributed by atoms with E-state index in [0.29, 0.717) is 5.56 Å². The summed E-state index contributed by atoms with van der Waals surface area (Å²) in [5.41, 5.74) is 5.34. The Balaban J connectivity index is 1.47. The van der Waals surface area contributed by atoms with Gasteiger partial charge >= 0.3 is 0 Å². The van der Waals surface area contributed by atoms with Gasteiger partial charge in [-0.2, -0.15) is 0 Å². The van der Waals surface area contributed by atoms with Gasteiger partial charge in [-0.05, 0) is 61.1 Å². The summed E-state index contributed by atoms with van der Waals surface area (Å²) in [5, 5.41) is 3.24. The molecule has 0 bridgehead atoms. The van der Waals surface area contributed by atoms with Crippen molar-refractivity contribution >= 4 is 5.91 Å². The molecule has 3 aromatic rings. The molecule has 0 unspecified atom stereocenters. The molecule has 160 valence electrons. The molecule has 0 saturated carbocycles. The van der Waals surface area contributed by atoms with Crippen molar-refractivity contribution in [3.05, 3.63) is 107 Å². The van der Waals surface area contributed by atoms with Gasteiger partial charge in [0.25, 0.3) is 5.91 Å². The lowest BCUT2D eigenvalue weighted by atomic mass is 9.97. The predicted octanol–water partition coefficient (Wildman–Crippen LogP) is 5.75. The van der Waals surface area contributed by atoms with Crippen molar-refractivity contribution in [2.75, 3.05) is 13.1 Å². The van der Waals surface area contributed by atoms with Gasteiger partial charge in [0.2, 0.25) is 0 Å². The molecule has 1 N–H and O–H groups in total. The second kappa shape index (κ2) is 9.93. The molecule has 0 spiro atoms. The molecule has 1 aliphatic heterocycles. The Morgan fingerprint density at radius 1 is 0.968 bits per heavy atom. The molecular formula is C28H32N2O. The number of benzene rings is 3. The van der Waals surface area contributed by atoms with Crippen molar-refractivity contribution in [3.8, 4) is 0 Å². The summed E-state index contributed by atoms with van der Waals surface area (Å²) >= 11 is 0. The number of amides is 1. The van der Waals surface area contributed by atoms with Gasteiger partial charge in [0.1, 0.15) is 0 Å². The van der Waals surface area contributed by atoms with E-state index in [1.165, 1.54) is 30.5 Å². The molecule has 0 radical (unpaired) electrons. The zero-order valence-electron chi connectivity index (χ0n) is 18.6. The number of likely N-dealkylation sites (tertiary alicyclic amines) is 1. The van der Waals surface area contributed by atoms with Gasteiger partial charge < -0.3 is 5.32 Å². The highest BCUT2D eigenvalue weighted by molar-refractivity contribution is 5.94. The van der Waals surface area contributed by atoms with E-state index in [0.717, 1.165) is 30.1 Å². The summed E-state index contributed by atoms with van der Waals surface area (Å²) in [6.07, 6.45) is 2.61. The Kier molecular flexibility index (Phi) is 6.83. The fraction of sp³-hybridized carbons (Fsp3) is 0.321. The first-order valence-electron chi connectivity index (χ1n) is 11.3. The SMILES string of the molecule is Cc1ccc([C@H](NC(=O)c2ccc(CN3CCC[C@H](C)C3)cc2)c2ccccc2)cc1. The van der Waals surface area contributed by atoms with Crippen LogP contribution >= 0.6 is 0 Å². The monoisotopic (exact) mass is 412 g/mol. The van der Waals surface area contributed by atoms with Gasteiger partial charge in [0.05, 0.1) is 6.04 Å². The molecule has 0 aromatic heterocycles. The van der Waals surface area contributed by atoms with Crippen LogP contribution in [0.1, 0.15) is 58.4 Å². The first kappa shape index (κ1) is 21.3. The Morgan fingerprint density at radius 3 is 2.32 bits per heavy atom. The molecule has 3 heteroatoms. The third-order valence-electron chi connectivity index (χ3n) is 6.18. The summed E-state index contributed by atoms with van der Waals surface area (Å²) < 4.78 is 0. The molecule has 1 fully saturated rings. The van der Waals surface area contributed by atoms with Crippen molar-refractivity contribution in [1.82, 2.24) is 10.2 Å². The molecule has 1 heterocycles. The van der Waals surface area contributed by atoms with Gasteiger partial charge in [0, 0.05) is 18.7 Å². The van der Waals surface area contributed by atoms with E-state index >= 15 is 0 Å². The molecule has 4 rings (SSSR count). The molecular weight excluding hydrogens is 380 g/mol. The zero-order valence-corrected chi connectivity index (χ0v) is 18.6. The second-order valence-electron chi connectivity index (χ2n) is 8.91. The number of piperidine rings is 1. The maximum Gasteiger partial charge on any atom is 0.252 e. The van der Waals surface area contributed by atoms with Gasteiger partial charge in [0.15, 0.2) is 0 Å². The van der Waals surface area contributed by atoms with Crippen molar-refractivity contribution in [3.63, 3.8) is 0 Å².